The van der Waals surface area contributed by atoms with Gasteiger partial charge in [0.1, 0.15) is 11.5 Å². The second-order valence-electron chi connectivity index (χ2n) is 5.64. The lowest BCUT2D eigenvalue weighted by Gasteiger charge is -2.07. The van der Waals surface area contributed by atoms with Crippen molar-refractivity contribution < 1.29 is 23.8 Å². The van der Waals surface area contributed by atoms with E-state index >= 15 is 0 Å². The number of ether oxygens (including phenoxy) is 3. The van der Waals surface area contributed by atoms with Crippen LogP contribution in [0, 0.1) is 0 Å². The molecular formula is C21H21BrO5. The van der Waals surface area contributed by atoms with Gasteiger partial charge in [0, 0.05) is 34.2 Å². The Balaban J connectivity index is 1.78. The first-order valence-corrected chi connectivity index (χ1v) is 9.18. The van der Waals surface area contributed by atoms with Crippen LogP contribution in [0.25, 0.3) is 6.08 Å². The molecule has 0 heterocycles. The maximum atomic E-state index is 12.0. The Labute approximate surface area is 167 Å². The second kappa shape index (κ2) is 10.5. The van der Waals surface area contributed by atoms with Crippen molar-refractivity contribution in [3.8, 4) is 11.5 Å². The minimum Gasteiger partial charge on any atom is -0.497 e. The van der Waals surface area contributed by atoms with Crippen LogP contribution in [0.1, 0.15) is 28.8 Å². The Kier molecular flexibility index (Phi) is 8.07. The molecule has 0 aliphatic rings. The summed E-state index contributed by atoms with van der Waals surface area (Å²) in [6.07, 6.45) is 3.75. The molecule has 142 valence electrons. The van der Waals surface area contributed by atoms with Crippen molar-refractivity contribution in [3.63, 3.8) is 0 Å². The highest BCUT2D eigenvalue weighted by Gasteiger charge is 2.07. The van der Waals surface area contributed by atoms with Crippen LogP contribution in [0.2, 0.25) is 0 Å². The predicted molar refractivity (Wildman–Crippen MR) is 107 cm³/mol. The van der Waals surface area contributed by atoms with Crippen LogP contribution in [0.15, 0.2) is 53.0 Å². The average Bonchev–Trinajstić information content (AvgIpc) is 2.69. The minimum atomic E-state index is -0.469. The van der Waals surface area contributed by atoms with E-state index in [1.54, 1.807) is 50.6 Å². The summed E-state index contributed by atoms with van der Waals surface area (Å²) in [6.45, 7) is 0.186. The van der Waals surface area contributed by atoms with Crippen LogP contribution in [0.4, 0.5) is 0 Å². The molecule has 0 radical (unpaired) electrons. The maximum Gasteiger partial charge on any atom is 0.330 e. The monoisotopic (exact) mass is 432 g/mol. The molecule has 0 atom stereocenters. The van der Waals surface area contributed by atoms with E-state index in [-0.39, 0.29) is 12.4 Å². The first-order valence-electron chi connectivity index (χ1n) is 8.39. The van der Waals surface area contributed by atoms with Gasteiger partial charge in [-0.2, -0.15) is 0 Å². The van der Waals surface area contributed by atoms with Crippen molar-refractivity contribution in [1.29, 1.82) is 0 Å². The third kappa shape index (κ3) is 6.57. The Morgan fingerprint density at radius 1 is 1.04 bits per heavy atom. The van der Waals surface area contributed by atoms with Crippen LogP contribution < -0.4 is 9.47 Å². The molecule has 0 aromatic heterocycles. The molecule has 2 aromatic rings. The van der Waals surface area contributed by atoms with Crippen molar-refractivity contribution in [1.82, 2.24) is 0 Å². The summed E-state index contributed by atoms with van der Waals surface area (Å²) >= 11 is 3.33. The Morgan fingerprint density at radius 3 is 2.44 bits per heavy atom. The molecule has 5 nitrogen and oxygen atoms in total. The molecular weight excluding hydrogens is 412 g/mol. The summed E-state index contributed by atoms with van der Waals surface area (Å²) < 4.78 is 16.5. The molecule has 0 saturated carbocycles. The fourth-order valence-corrected chi connectivity index (χ4v) is 2.61. The molecule has 0 N–H and O–H groups in total. The summed E-state index contributed by atoms with van der Waals surface area (Å²) in [5.41, 5.74) is 1.39. The van der Waals surface area contributed by atoms with E-state index in [1.165, 1.54) is 6.08 Å². The number of rotatable bonds is 9. The number of halogens is 1. The van der Waals surface area contributed by atoms with Crippen molar-refractivity contribution in [2.75, 3.05) is 20.8 Å². The zero-order chi connectivity index (χ0) is 19.6. The first kappa shape index (κ1) is 20.7. The number of methoxy groups -OCH3 is 2. The van der Waals surface area contributed by atoms with Gasteiger partial charge in [0.15, 0.2) is 5.78 Å². The third-order valence-electron chi connectivity index (χ3n) is 3.80. The Morgan fingerprint density at radius 2 is 1.78 bits per heavy atom. The maximum absolute atomic E-state index is 12.0. The molecule has 0 bridgehead atoms. The van der Waals surface area contributed by atoms with Crippen molar-refractivity contribution >= 4 is 33.8 Å². The van der Waals surface area contributed by atoms with E-state index in [1.807, 2.05) is 12.1 Å². The lowest BCUT2D eigenvalue weighted by atomic mass is 10.1. The topological polar surface area (TPSA) is 61.8 Å². The van der Waals surface area contributed by atoms with E-state index < -0.39 is 5.97 Å². The van der Waals surface area contributed by atoms with E-state index in [4.69, 9.17) is 14.2 Å². The molecule has 0 spiro atoms. The lowest BCUT2D eigenvalue weighted by molar-refractivity contribution is -0.137. The van der Waals surface area contributed by atoms with E-state index in [0.29, 0.717) is 29.9 Å². The van der Waals surface area contributed by atoms with Gasteiger partial charge in [0.05, 0.1) is 20.8 Å². The largest absolute Gasteiger partial charge is 0.497 e. The van der Waals surface area contributed by atoms with Gasteiger partial charge in [-0.25, -0.2) is 4.79 Å². The molecule has 2 aromatic carbocycles. The Bertz CT molecular complexity index is 812. The number of hydrogen-bond acceptors (Lipinski definition) is 5. The van der Waals surface area contributed by atoms with Crippen molar-refractivity contribution in [2.24, 2.45) is 0 Å². The highest BCUT2D eigenvalue weighted by Crippen LogP contribution is 2.25. The molecule has 0 unspecified atom stereocenters. The summed E-state index contributed by atoms with van der Waals surface area (Å²) in [6, 6.07) is 12.5. The Hall–Kier alpha value is -2.60. The number of carbonyl (C=O) groups excluding carboxylic acids is 2. The number of hydrogen-bond donors (Lipinski definition) is 0. The number of benzene rings is 2. The van der Waals surface area contributed by atoms with Crippen LogP contribution in [-0.2, 0) is 9.53 Å². The van der Waals surface area contributed by atoms with E-state index in [2.05, 4.69) is 15.9 Å². The second-order valence-corrected chi connectivity index (χ2v) is 6.56. The number of ketones is 1. The molecule has 0 fully saturated rings. The number of Topliss-reactive ketones (excluding diaryl/α,β-unsaturated/α-hetero) is 1. The van der Waals surface area contributed by atoms with Gasteiger partial charge in [-0.15, -0.1) is 0 Å². The van der Waals surface area contributed by atoms with Crippen molar-refractivity contribution in [2.45, 2.75) is 12.8 Å². The first-order chi connectivity index (χ1) is 13.0. The molecule has 0 aliphatic heterocycles. The van der Waals surface area contributed by atoms with Gasteiger partial charge in [-0.1, -0.05) is 28.1 Å². The SMILES string of the molecule is COc1ccc(/C=C/C(=O)OCCCC(=O)c2ccc(Br)cc2)c(OC)c1. The van der Waals surface area contributed by atoms with Crippen LogP contribution >= 0.6 is 15.9 Å². The van der Waals surface area contributed by atoms with Gasteiger partial charge in [0.2, 0.25) is 0 Å². The smallest absolute Gasteiger partial charge is 0.330 e. The quantitative estimate of drug-likeness (QED) is 0.249. The highest BCUT2D eigenvalue weighted by atomic mass is 79.9. The van der Waals surface area contributed by atoms with Crippen molar-refractivity contribution in [3.05, 3.63) is 64.1 Å². The standard InChI is InChI=1S/C21H21BrO5/c1-25-18-11-7-16(20(14-18)26-2)8-12-21(24)27-13-3-4-19(23)15-5-9-17(22)10-6-15/h5-12,14H,3-4,13H2,1-2H3/b12-8+. The fourth-order valence-electron chi connectivity index (χ4n) is 2.35. The summed E-state index contributed by atoms with van der Waals surface area (Å²) in [4.78, 5) is 23.9. The average molecular weight is 433 g/mol. The van der Waals surface area contributed by atoms with E-state index in [9.17, 15) is 9.59 Å². The summed E-state index contributed by atoms with van der Waals surface area (Å²) in [5.74, 6) is 0.821. The predicted octanol–water partition coefficient (Wildman–Crippen LogP) is 4.69. The van der Waals surface area contributed by atoms with Gasteiger partial charge in [-0.05, 0) is 36.8 Å². The zero-order valence-electron chi connectivity index (χ0n) is 15.2. The molecule has 2 rings (SSSR count). The number of esters is 1. The molecule has 0 aliphatic carbocycles. The normalized spacial score (nSPS) is 10.6. The summed E-state index contributed by atoms with van der Waals surface area (Å²) in [7, 11) is 3.12. The molecule has 6 heteroatoms. The number of carbonyl (C=O) groups is 2. The van der Waals surface area contributed by atoms with Crippen LogP contribution in [0.5, 0.6) is 11.5 Å². The molecule has 0 amide bonds. The van der Waals surface area contributed by atoms with Gasteiger partial charge >= 0.3 is 5.97 Å². The van der Waals surface area contributed by atoms with Gasteiger partial charge in [0.25, 0.3) is 0 Å². The molecule has 0 saturated heterocycles. The van der Waals surface area contributed by atoms with Crippen LogP contribution in [0.3, 0.4) is 0 Å². The fraction of sp³-hybridized carbons (Fsp3) is 0.238. The highest BCUT2D eigenvalue weighted by molar-refractivity contribution is 9.10. The van der Waals surface area contributed by atoms with Gasteiger partial charge in [-0.3, -0.25) is 4.79 Å². The van der Waals surface area contributed by atoms with Gasteiger partial charge < -0.3 is 14.2 Å². The van der Waals surface area contributed by atoms with E-state index in [0.717, 1.165) is 10.0 Å². The zero-order valence-corrected chi connectivity index (χ0v) is 16.8. The van der Waals surface area contributed by atoms with Crippen LogP contribution in [-0.4, -0.2) is 32.6 Å². The third-order valence-corrected chi connectivity index (χ3v) is 4.33. The lowest BCUT2D eigenvalue weighted by Crippen LogP contribution is -2.05. The molecule has 27 heavy (non-hydrogen) atoms. The minimum absolute atomic E-state index is 0.0251. The summed E-state index contributed by atoms with van der Waals surface area (Å²) in [5, 5.41) is 0.